The first-order valence-electron chi connectivity index (χ1n) is 7.48. The van der Waals surface area contributed by atoms with E-state index in [0.29, 0.717) is 15.7 Å². The van der Waals surface area contributed by atoms with Gasteiger partial charge in [-0.25, -0.2) is 4.98 Å². The molecule has 3 rings (SSSR count). The van der Waals surface area contributed by atoms with E-state index in [1.165, 1.54) is 17.5 Å². The molecule has 126 valence electrons. The Hall–Kier alpha value is -2.51. The average Bonchev–Trinajstić information content (AvgIpc) is 3.08. The zero-order valence-corrected chi connectivity index (χ0v) is 15.3. The predicted octanol–water partition coefficient (Wildman–Crippen LogP) is 5.81. The van der Waals surface area contributed by atoms with Gasteiger partial charge in [0.25, 0.3) is 5.12 Å². The van der Waals surface area contributed by atoms with E-state index in [1.807, 2.05) is 44.2 Å². The van der Waals surface area contributed by atoms with Crippen LogP contribution in [0.1, 0.15) is 20.9 Å². The van der Waals surface area contributed by atoms with Crippen LogP contribution < -0.4 is 0 Å². The number of rotatable bonds is 4. The quantitative estimate of drug-likeness (QED) is 0.465. The summed E-state index contributed by atoms with van der Waals surface area (Å²) >= 11 is 2.34. The van der Waals surface area contributed by atoms with Gasteiger partial charge in [-0.05, 0) is 61.0 Å². The standard InChI is InChI=1S/C18H15N3O2S2/c1-11-8-13(9-12(2)16(11)22)20-21-15-10-19-17(25-15)18(23)24-14-6-4-3-5-7-14/h3-10,22H,1-2H3. The molecule has 0 saturated heterocycles. The number of aromatic hydroxyl groups is 1. The minimum atomic E-state index is -0.117. The van der Waals surface area contributed by atoms with E-state index >= 15 is 0 Å². The van der Waals surface area contributed by atoms with Gasteiger partial charge in [-0.15, -0.1) is 10.2 Å². The van der Waals surface area contributed by atoms with Gasteiger partial charge >= 0.3 is 0 Å². The number of aryl methyl sites for hydroxylation is 2. The lowest BCUT2D eigenvalue weighted by Crippen LogP contribution is -1.90. The SMILES string of the molecule is Cc1cc(N=Nc2cnc(C(=O)Sc3ccccc3)s2)cc(C)c1O. The van der Waals surface area contributed by atoms with Crippen molar-refractivity contribution in [3.8, 4) is 5.75 Å². The first-order chi connectivity index (χ1) is 12.0. The topological polar surface area (TPSA) is 74.9 Å². The number of nitrogens with zero attached hydrogens (tertiary/aromatic N) is 3. The summed E-state index contributed by atoms with van der Waals surface area (Å²) in [6, 6.07) is 13.0. The number of phenolic OH excluding ortho intramolecular Hbond substituents is 1. The molecule has 1 heterocycles. The van der Waals surface area contributed by atoms with Crippen LogP contribution in [-0.4, -0.2) is 15.2 Å². The lowest BCUT2D eigenvalue weighted by molar-refractivity contribution is 0.108. The Kier molecular flexibility index (Phi) is 5.25. The second kappa shape index (κ2) is 7.58. The second-order valence-corrected chi connectivity index (χ2v) is 7.39. The van der Waals surface area contributed by atoms with Crippen LogP contribution in [0, 0.1) is 13.8 Å². The van der Waals surface area contributed by atoms with Gasteiger partial charge in [0.1, 0.15) is 5.75 Å². The Labute approximate surface area is 153 Å². The Balaban J connectivity index is 1.72. The summed E-state index contributed by atoms with van der Waals surface area (Å²) in [7, 11) is 0. The Morgan fingerprint density at radius 1 is 1.12 bits per heavy atom. The van der Waals surface area contributed by atoms with Crippen LogP contribution >= 0.6 is 23.1 Å². The molecule has 5 nitrogen and oxygen atoms in total. The molecule has 25 heavy (non-hydrogen) atoms. The van der Waals surface area contributed by atoms with Crippen LogP contribution in [0.15, 0.2) is 63.8 Å². The van der Waals surface area contributed by atoms with Crippen molar-refractivity contribution in [2.24, 2.45) is 10.2 Å². The Bertz CT molecular complexity index is 913. The maximum atomic E-state index is 12.2. The molecule has 0 amide bonds. The molecule has 0 fully saturated rings. The van der Waals surface area contributed by atoms with Crippen LogP contribution in [0.3, 0.4) is 0 Å². The lowest BCUT2D eigenvalue weighted by atomic mass is 10.1. The fraction of sp³-hybridized carbons (Fsp3) is 0.111. The van der Waals surface area contributed by atoms with Crippen LogP contribution in [0.5, 0.6) is 5.75 Å². The van der Waals surface area contributed by atoms with Gasteiger partial charge in [-0.3, -0.25) is 4.79 Å². The first kappa shape index (κ1) is 17.3. The third kappa shape index (κ3) is 4.32. The molecule has 0 aliphatic heterocycles. The number of phenols is 1. The van der Waals surface area contributed by atoms with Gasteiger partial charge in [-0.1, -0.05) is 29.5 Å². The van der Waals surface area contributed by atoms with Crippen molar-refractivity contribution in [1.82, 2.24) is 4.98 Å². The predicted molar refractivity (Wildman–Crippen MR) is 101 cm³/mol. The van der Waals surface area contributed by atoms with Crippen molar-refractivity contribution in [1.29, 1.82) is 0 Å². The number of azo groups is 1. The molecule has 0 aliphatic carbocycles. The van der Waals surface area contributed by atoms with E-state index in [9.17, 15) is 9.90 Å². The molecule has 0 radical (unpaired) electrons. The number of benzene rings is 2. The highest BCUT2D eigenvalue weighted by atomic mass is 32.2. The van der Waals surface area contributed by atoms with Crippen molar-refractivity contribution in [2.45, 2.75) is 18.7 Å². The summed E-state index contributed by atoms with van der Waals surface area (Å²) in [6.45, 7) is 3.62. The normalized spacial score (nSPS) is 11.1. The van der Waals surface area contributed by atoms with Crippen molar-refractivity contribution >= 4 is 38.9 Å². The molecule has 1 aromatic heterocycles. The van der Waals surface area contributed by atoms with E-state index in [1.54, 1.807) is 12.1 Å². The summed E-state index contributed by atoms with van der Waals surface area (Å²) in [4.78, 5) is 17.2. The number of aromatic nitrogens is 1. The van der Waals surface area contributed by atoms with Gasteiger partial charge in [0.05, 0.1) is 11.9 Å². The fourth-order valence-corrected chi connectivity index (χ4v) is 3.61. The molecule has 7 heteroatoms. The fourth-order valence-electron chi connectivity index (χ4n) is 2.14. The summed E-state index contributed by atoms with van der Waals surface area (Å²) in [5, 5.41) is 18.9. The summed E-state index contributed by atoms with van der Waals surface area (Å²) < 4.78 is 0. The third-order valence-corrected chi connectivity index (χ3v) is 5.26. The van der Waals surface area contributed by atoms with E-state index in [2.05, 4.69) is 15.2 Å². The maximum absolute atomic E-state index is 12.2. The summed E-state index contributed by atoms with van der Waals surface area (Å²) in [5.41, 5.74) is 2.13. The number of thiazole rings is 1. The zero-order valence-electron chi connectivity index (χ0n) is 13.6. The van der Waals surface area contributed by atoms with Gasteiger partial charge in [0.2, 0.25) is 0 Å². The molecule has 0 aliphatic rings. The van der Waals surface area contributed by atoms with Gasteiger partial charge in [-0.2, -0.15) is 0 Å². The minimum absolute atomic E-state index is 0.117. The average molecular weight is 369 g/mol. The molecular weight excluding hydrogens is 354 g/mol. The largest absolute Gasteiger partial charge is 0.507 e. The molecule has 1 N–H and O–H groups in total. The van der Waals surface area contributed by atoms with Crippen molar-refractivity contribution in [3.05, 3.63) is 64.8 Å². The molecule has 0 unspecified atom stereocenters. The molecular formula is C18H15N3O2S2. The maximum Gasteiger partial charge on any atom is 0.252 e. The van der Waals surface area contributed by atoms with E-state index in [4.69, 9.17) is 0 Å². The van der Waals surface area contributed by atoms with Gasteiger partial charge in [0.15, 0.2) is 10.0 Å². The lowest BCUT2D eigenvalue weighted by Gasteiger charge is -2.03. The Morgan fingerprint density at radius 3 is 2.48 bits per heavy atom. The number of hydrogen-bond acceptors (Lipinski definition) is 7. The van der Waals surface area contributed by atoms with Crippen molar-refractivity contribution in [2.75, 3.05) is 0 Å². The number of hydrogen-bond donors (Lipinski definition) is 1. The highest BCUT2D eigenvalue weighted by Gasteiger charge is 2.13. The molecule has 0 spiro atoms. The monoisotopic (exact) mass is 369 g/mol. The van der Waals surface area contributed by atoms with Crippen LogP contribution in [0.4, 0.5) is 10.7 Å². The van der Waals surface area contributed by atoms with E-state index < -0.39 is 0 Å². The van der Waals surface area contributed by atoms with Crippen molar-refractivity contribution < 1.29 is 9.90 Å². The number of carbonyl (C=O) groups excluding carboxylic acids is 1. The molecule has 2 aromatic carbocycles. The molecule has 0 atom stereocenters. The van der Waals surface area contributed by atoms with Crippen LogP contribution in [0.25, 0.3) is 0 Å². The van der Waals surface area contributed by atoms with Crippen LogP contribution in [0.2, 0.25) is 0 Å². The zero-order chi connectivity index (χ0) is 17.8. The van der Waals surface area contributed by atoms with E-state index in [-0.39, 0.29) is 10.9 Å². The number of thioether (sulfide) groups is 1. The van der Waals surface area contributed by atoms with Crippen molar-refractivity contribution in [3.63, 3.8) is 0 Å². The second-order valence-electron chi connectivity index (χ2n) is 5.33. The van der Waals surface area contributed by atoms with Crippen LogP contribution in [-0.2, 0) is 0 Å². The highest BCUT2D eigenvalue weighted by Crippen LogP contribution is 2.31. The summed E-state index contributed by atoms with van der Waals surface area (Å²) in [5.74, 6) is 0.266. The highest BCUT2D eigenvalue weighted by molar-refractivity contribution is 8.14. The molecule has 3 aromatic rings. The first-order valence-corrected chi connectivity index (χ1v) is 9.11. The number of carbonyl (C=O) groups is 1. The smallest absolute Gasteiger partial charge is 0.252 e. The summed E-state index contributed by atoms with van der Waals surface area (Å²) in [6.07, 6.45) is 1.53. The molecule has 0 saturated carbocycles. The molecule has 0 bridgehead atoms. The minimum Gasteiger partial charge on any atom is -0.507 e. The Morgan fingerprint density at radius 2 is 1.80 bits per heavy atom. The van der Waals surface area contributed by atoms with Gasteiger partial charge < -0.3 is 5.11 Å². The third-order valence-electron chi connectivity index (χ3n) is 3.36. The van der Waals surface area contributed by atoms with E-state index in [0.717, 1.165) is 27.8 Å². The van der Waals surface area contributed by atoms with Gasteiger partial charge in [0, 0.05) is 4.90 Å².